The molecular formula is C24H23F5N4O2S. The van der Waals surface area contributed by atoms with Gasteiger partial charge in [-0.15, -0.1) is 5.10 Å². The van der Waals surface area contributed by atoms with E-state index in [2.05, 4.69) is 19.9 Å². The number of rotatable bonds is 6. The molecule has 1 atom stereocenters. The van der Waals surface area contributed by atoms with Crippen LogP contribution in [-0.2, 0) is 21.8 Å². The van der Waals surface area contributed by atoms with Gasteiger partial charge in [0.15, 0.2) is 5.03 Å². The molecule has 0 saturated carbocycles. The van der Waals surface area contributed by atoms with E-state index in [1.165, 1.54) is 32.0 Å². The summed E-state index contributed by atoms with van der Waals surface area (Å²) in [5.74, 6) is -4.48. The van der Waals surface area contributed by atoms with E-state index in [0.29, 0.717) is 11.6 Å². The molecule has 0 saturated heterocycles. The SMILES string of the molecule is CN=[S@](=O)(c1cccc(C(F)(F)F)c1)c1nnc(C)cc1C(=O)NCC(F)(F)c1ccc(C)cc1C. The van der Waals surface area contributed by atoms with Crippen LogP contribution in [0.15, 0.2) is 62.8 Å². The molecule has 1 N–H and O–H groups in total. The van der Waals surface area contributed by atoms with Crippen LogP contribution in [0.1, 0.15) is 38.3 Å². The summed E-state index contributed by atoms with van der Waals surface area (Å²) in [7, 11) is -2.78. The normalized spacial score (nSPS) is 13.7. The molecule has 0 bridgehead atoms. The van der Waals surface area contributed by atoms with Gasteiger partial charge in [-0.3, -0.25) is 4.79 Å². The monoisotopic (exact) mass is 526 g/mol. The number of nitrogens with one attached hydrogen (secondary N) is 1. The second-order valence-corrected chi connectivity index (χ2v) is 10.4. The van der Waals surface area contributed by atoms with Crippen LogP contribution >= 0.6 is 0 Å². The van der Waals surface area contributed by atoms with Crippen LogP contribution in [0.5, 0.6) is 0 Å². The van der Waals surface area contributed by atoms with E-state index in [4.69, 9.17) is 0 Å². The van der Waals surface area contributed by atoms with Crippen molar-refractivity contribution in [2.75, 3.05) is 13.6 Å². The van der Waals surface area contributed by atoms with Gasteiger partial charge in [0.05, 0.1) is 28.3 Å². The summed E-state index contributed by atoms with van der Waals surface area (Å²) in [5, 5.41) is 9.16. The molecule has 12 heteroatoms. The van der Waals surface area contributed by atoms with Gasteiger partial charge in [0.1, 0.15) is 9.73 Å². The van der Waals surface area contributed by atoms with Gasteiger partial charge >= 0.3 is 6.18 Å². The summed E-state index contributed by atoms with van der Waals surface area (Å²) in [5.41, 5.74) is -0.385. The van der Waals surface area contributed by atoms with Crippen LogP contribution in [-0.4, -0.2) is 33.9 Å². The molecule has 2 aromatic carbocycles. The van der Waals surface area contributed by atoms with Gasteiger partial charge in [-0.05, 0) is 50.6 Å². The van der Waals surface area contributed by atoms with Crippen molar-refractivity contribution in [2.45, 2.75) is 42.8 Å². The van der Waals surface area contributed by atoms with E-state index in [1.807, 2.05) is 0 Å². The number of halogens is 5. The van der Waals surface area contributed by atoms with Gasteiger partial charge in [0.2, 0.25) is 0 Å². The molecule has 1 aromatic heterocycles. The first-order valence-corrected chi connectivity index (χ1v) is 12.1. The highest BCUT2D eigenvalue weighted by Gasteiger charge is 2.35. The minimum Gasteiger partial charge on any atom is -0.346 e. The molecule has 3 aromatic rings. The third kappa shape index (κ3) is 5.53. The first kappa shape index (κ1) is 27.2. The zero-order chi connectivity index (χ0) is 26.9. The van der Waals surface area contributed by atoms with E-state index in [9.17, 15) is 31.0 Å². The Morgan fingerprint density at radius 2 is 1.69 bits per heavy atom. The molecule has 36 heavy (non-hydrogen) atoms. The Morgan fingerprint density at radius 1 is 1.00 bits per heavy atom. The van der Waals surface area contributed by atoms with Crippen molar-refractivity contribution >= 4 is 15.6 Å². The lowest BCUT2D eigenvalue weighted by atomic mass is 10.00. The number of hydrogen-bond acceptors (Lipinski definition) is 5. The molecule has 0 aliphatic heterocycles. The summed E-state index contributed by atoms with van der Waals surface area (Å²) in [6.45, 7) is 3.68. The molecule has 6 nitrogen and oxygen atoms in total. The van der Waals surface area contributed by atoms with Gasteiger partial charge in [-0.25, -0.2) is 8.57 Å². The maximum Gasteiger partial charge on any atom is 0.416 e. The summed E-state index contributed by atoms with van der Waals surface area (Å²) in [6, 6.07) is 9.21. The van der Waals surface area contributed by atoms with E-state index in [1.54, 1.807) is 13.0 Å². The number of alkyl halides is 5. The fraction of sp³-hybridized carbons (Fsp3) is 0.292. The van der Waals surface area contributed by atoms with Crippen molar-refractivity contribution in [2.24, 2.45) is 4.36 Å². The van der Waals surface area contributed by atoms with Crippen LogP contribution in [0.25, 0.3) is 0 Å². The molecular weight excluding hydrogens is 503 g/mol. The molecule has 3 rings (SSSR count). The number of aromatic nitrogens is 2. The van der Waals surface area contributed by atoms with Crippen molar-refractivity contribution in [3.63, 3.8) is 0 Å². The van der Waals surface area contributed by atoms with E-state index >= 15 is 0 Å². The minimum atomic E-state index is -4.72. The average Bonchev–Trinajstić information content (AvgIpc) is 2.81. The lowest BCUT2D eigenvalue weighted by Crippen LogP contribution is -2.36. The predicted octanol–water partition coefficient (Wildman–Crippen LogP) is 5.46. The Bertz CT molecular complexity index is 1430. The van der Waals surface area contributed by atoms with E-state index in [0.717, 1.165) is 30.8 Å². The fourth-order valence-corrected chi connectivity index (χ4v) is 5.36. The maximum atomic E-state index is 14.9. The zero-order valence-electron chi connectivity index (χ0n) is 19.8. The summed E-state index contributed by atoms with van der Waals surface area (Å²) in [4.78, 5) is 12.6. The Hall–Kier alpha value is -3.41. The molecule has 0 spiro atoms. The average molecular weight is 527 g/mol. The Morgan fingerprint density at radius 3 is 2.31 bits per heavy atom. The second kappa shape index (κ2) is 9.92. The molecule has 0 aliphatic rings. The highest BCUT2D eigenvalue weighted by molar-refractivity contribution is 7.93. The van der Waals surface area contributed by atoms with Crippen molar-refractivity contribution in [1.29, 1.82) is 0 Å². The Kier molecular flexibility index (Phi) is 7.49. The molecule has 0 fully saturated rings. The molecule has 0 aliphatic carbocycles. The Balaban J connectivity index is 2.01. The standard InChI is InChI=1S/C24H23F5N4O2S/c1-14-8-9-20(15(2)10-14)23(25,26)13-31-21(34)19-11-16(3)32-33-22(19)36(35,30-4)18-7-5-6-17(12-18)24(27,28)29/h5-12H,13H2,1-4H3,(H,31,34)/t36-/m0/s1. The molecule has 1 heterocycles. The zero-order valence-corrected chi connectivity index (χ0v) is 20.6. The third-order valence-corrected chi connectivity index (χ3v) is 7.61. The molecule has 0 radical (unpaired) electrons. The lowest BCUT2D eigenvalue weighted by Gasteiger charge is -2.20. The largest absolute Gasteiger partial charge is 0.416 e. The van der Waals surface area contributed by atoms with Crippen LogP contribution in [0.4, 0.5) is 22.0 Å². The van der Waals surface area contributed by atoms with Gasteiger partial charge in [0, 0.05) is 12.6 Å². The van der Waals surface area contributed by atoms with Gasteiger partial charge < -0.3 is 5.32 Å². The van der Waals surface area contributed by atoms with Crippen LogP contribution in [0, 0.1) is 20.8 Å². The predicted molar refractivity (Wildman–Crippen MR) is 123 cm³/mol. The number of carbonyl (C=O) groups excluding carboxylic acids is 1. The first-order chi connectivity index (χ1) is 16.7. The third-order valence-electron chi connectivity index (χ3n) is 5.37. The van der Waals surface area contributed by atoms with Crippen molar-refractivity contribution < 1.29 is 31.0 Å². The highest BCUT2D eigenvalue weighted by atomic mass is 32.2. The first-order valence-electron chi connectivity index (χ1n) is 10.6. The van der Waals surface area contributed by atoms with Crippen molar-refractivity contribution in [3.8, 4) is 0 Å². The lowest BCUT2D eigenvalue weighted by molar-refractivity contribution is -0.137. The quantitative estimate of drug-likeness (QED) is 0.433. The highest BCUT2D eigenvalue weighted by Crippen LogP contribution is 2.33. The molecule has 192 valence electrons. The molecule has 1 amide bonds. The van der Waals surface area contributed by atoms with Gasteiger partial charge in [-0.1, -0.05) is 29.8 Å². The van der Waals surface area contributed by atoms with Crippen LogP contribution in [0.2, 0.25) is 0 Å². The number of carbonyl (C=O) groups is 1. The number of nitrogens with zero attached hydrogens (tertiary/aromatic N) is 3. The number of hydrogen-bond donors (Lipinski definition) is 1. The smallest absolute Gasteiger partial charge is 0.346 e. The van der Waals surface area contributed by atoms with Crippen LogP contribution < -0.4 is 5.32 Å². The molecule has 0 unspecified atom stereocenters. The maximum absolute atomic E-state index is 14.9. The topological polar surface area (TPSA) is 84.3 Å². The van der Waals surface area contributed by atoms with Crippen LogP contribution in [0.3, 0.4) is 0 Å². The summed E-state index contributed by atoms with van der Waals surface area (Å²) >= 11 is 0. The fourth-order valence-electron chi connectivity index (χ4n) is 3.60. The summed E-state index contributed by atoms with van der Waals surface area (Å²) < 4.78 is 87.1. The Labute approximate surface area is 205 Å². The van der Waals surface area contributed by atoms with Gasteiger partial charge in [0.25, 0.3) is 11.8 Å². The second-order valence-electron chi connectivity index (χ2n) is 8.14. The summed E-state index contributed by atoms with van der Waals surface area (Å²) in [6.07, 6.45) is -4.72. The van der Waals surface area contributed by atoms with Gasteiger partial charge in [-0.2, -0.15) is 27.1 Å². The number of aryl methyl sites for hydroxylation is 3. The van der Waals surface area contributed by atoms with Crippen molar-refractivity contribution in [1.82, 2.24) is 15.5 Å². The van der Waals surface area contributed by atoms with E-state index < -0.39 is 44.9 Å². The van der Waals surface area contributed by atoms with E-state index in [-0.39, 0.29) is 21.7 Å². The van der Waals surface area contributed by atoms with Crippen molar-refractivity contribution in [3.05, 3.63) is 82.0 Å². The number of amides is 1. The minimum absolute atomic E-state index is 0.201. The number of benzene rings is 2.